The molecule has 0 radical (unpaired) electrons. The zero-order chi connectivity index (χ0) is 17.9. The van der Waals surface area contributed by atoms with E-state index in [1.165, 1.54) is 0 Å². The van der Waals surface area contributed by atoms with Crippen molar-refractivity contribution in [2.45, 2.75) is 77.0 Å². The molecule has 1 aromatic rings. The first kappa shape index (κ1) is 17.6. The zero-order valence-electron chi connectivity index (χ0n) is 15.3. The van der Waals surface area contributed by atoms with Gasteiger partial charge in [-0.15, -0.1) is 0 Å². The summed E-state index contributed by atoms with van der Waals surface area (Å²) in [6, 6.07) is 1.71. The second-order valence-electron chi connectivity index (χ2n) is 8.26. The number of aryl methyl sites for hydroxylation is 1. The molecule has 0 aromatic carbocycles. The second kappa shape index (κ2) is 5.64. The van der Waals surface area contributed by atoms with Gasteiger partial charge in [0.15, 0.2) is 14.1 Å². The highest BCUT2D eigenvalue weighted by atomic mass is 28.4. The van der Waals surface area contributed by atoms with Gasteiger partial charge >= 0.3 is 5.63 Å². The Labute approximate surface area is 143 Å². The monoisotopic (exact) mass is 350 g/mol. The molecule has 5 nitrogen and oxygen atoms in total. The van der Waals surface area contributed by atoms with E-state index in [4.69, 9.17) is 13.6 Å². The maximum atomic E-state index is 12.6. The number of carbonyl (C=O) groups is 1. The van der Waals surface area contributed by atoms with Crippen LogP contribution in [0.1, 0.15) is 61.9 Å². The predicted molar refractivity (Wildman–Crippen MR) is 93.0 cm³/mol. The minimum absolute atomic E-state index is 0.00134. The van der Waals surface area contributed by atoms with Crippen LogP contribution in [0, 0.1) is 0 Å². The Bertz CT molecular complexity index is 728. The van der Waals surface area contributed by atoms with E-state index in [0.29, 0.717) is 23.3 Å². The summed E-state index contributed by atoms with van der Waals surface area (Å²) in [7, 11) is -2.12. The van der Waals surface area contributed by atoms with Crippen molar-refractivity contribution >= 4 is 14.1 Å². The molecule has 1 aromatic heterocycles. The number of hydrogen-bond acceptors (Lipinski definition) is 5. The molecule has 1 saturated heterocycles. The van der Waals surface area contributed by atoms with Gasteiger partial charge < -0.3 is 13.6 Å². The number of carbonyl (C=O) groups excluding carboxylic acids is 1. The molecule has 0 amide bonds. The fourth-order valence-electron chi connectivity index (χ4n) is 2.90. The fourth-order valence-corrected chi connectivity index (χ4v) is 4.14. The second-order valence-corrected chi connectivity index (χ2v) is 13.0. The molecule has 0 N–H and O–H groups in total. The number of ether oxygens (including phenoxy) is 1. The molecule has 0 saturated carbocycles. The Morgan fingerprint density at radius 1 is 1.25 bits per heavy atom. The third-order valence-electron chi connectivity index (χ3n) is 5.40. The number of hydrogen-bond donors (Lipinski definition) is 0. The van der Waals surface area contributed by atoms with Gasteiger partial charge in [-0.25, -0.2) is 4.79 Å². The molecule has 3 atom stereocenters. The van der Waals surface area contributed by atoms with Crippen molar-refractivity contribution in [1.29, 1.82) is 0 Å². The van der Waals surface area contributed by atoms with Crippen LogP contribution < -0.4 is 5.63 Å². The van der Waals surface area contributed by atoms with Crippen LogP contribution in [0.5, 0.6) is 0 Å². The van der Waals surface area contributed by atoms with Crippen LogP contribution in [0.2, 0.25) is 18.1 Å². The van der Waals surface area contributed by atoms with E-state index in [1.807, 2.05) is 6.92 Å². The molecule has 3 rings (SSSR count). The van der Waals surface area contributed by atoms with E-state index in [1.54, 1.807) is 6.07 Å². The van der Waals surface area contributed by atoms with Crippen LogP contribution >= 0.6 is 0 Å². The van der Waals surface area contributed by atoms with Crippen molar-refractivity contribution in [3.8, 4) is 0 Å². The van der Waals surface area contributed by atoms with Gasteiger partial charge in [-0.1, -0.05) is 27.7 Å². The summed E-state index contributed by atoms with van der Waals surface area (Å²) in [4.78, 5) is 25.1. The van der Waals surface area contributed by atoms with E-state index >= 15 is 0 Å². The van der Waals surface area contributed by atoms with Crippen LogP contribution in [0.15, 0.2) is 15.3 Å². The Morgan fingerprint density at radius 3 is 2.50 bits per heavy atom. The minimum atomic E-state index is -2.12. The third-order valence-corrected chi connectivity index (χ3v) is 9.85. The molecule has 6 heteroatoms. The van der Waals surface area contributed by atoms with E-state index in [-0.39, 0.29) is 16.9 Å². The first-order valence-electron chi connectivity index (χ1n) is 8.61. The van der Waals surface area contributed by atoms with Crippen molar-refractivity contribution in [3.05, 3.63) is 33.4 Å². The molecule has 132 valence electrons. The first-order chi connectivity index (χ1) is 11.1. The Balaban J connectivity index is 2.04. The SMILES string of the molecule is CCCc1cc2c(c(=O)o1)[C@@H](O[Si](C)(C)C(C)(C)C)[C@@H]1O[C@@H]1C2=O. The lowest BCUT2D eigenvalue weighted by atomic mass is 9.89. The lowest BCUT2D eigenvalue weighted by Crippen LogP contribution is -2.45. The maximum Gasteiger partial charge on any atom is 0.342 e. The largest absolute Gasteiger partial charge is 0.428 e. The minimum Gasteiger partial charge on any atom is -0.428 e. The lowest BCUT2D eigenvalue weighted by molar-refractivity contribution is 0.0939. The average molecular weight is 350 g/mol. The highest BCUT2D eigenvalue weighted by Crippen LogP contribution is 2.48. The van der Waals surface area contributed by atoms with Crippen molar-refractivity contribution in [1.82, 2.24) is 0 Å². The zero-order valence-corrected chi connectivity index (χ0v) is 16.3. The molecular formula is C18H26O5Si. The van der Waals surface area contributed by atoms with E-state index in [9.17, 15) is 9.59 Å². The van der Waals surface area contributed by atoms with E-state index in [0.717, 1.165) is 6.42 Å². The van der Waals surface area contributed by atoms with Crippen LogP contribution in [0.25, 0.3) is 0 Å². The molecule has 1 aliphatic carbocycles. The molecule has 24 heavy (non-hydrogen) atoms. The molecule has 1 aliphatic heterocycles. The molecule has 0 spiro atoms. The lowest BCUT2D eigenvalue weighted by Gasteiger charge is -2.39. The smallest absolute Gasteiger partial charge is 0.342 e. The van der Waals surface area contributed by atoms with Crippen molar-refractivity contribution in [2.24, 2.45) is 0 Å². The van der Waals surface area contributed by atoms with Gasteiger partial charge in [-0.3, -0.25) is 4.79 Å². The summed E-state index contributed by atoms with van der Waals surface area (Å²) in [5.74, 6) is 0.440. The van der Waals surface area contributed by atoms with Crippen LogP contribution in [0.4, 0.5) is 0 Å². The Hall–Kier alpha value is -1.24. The summed E-state index contributed by atoms with van der Waals surface area (Å²) in [5, 5.41) is 0.00134. The van der Waals surface area contributed by atoms with Gasteiger partial charge in [0.25, 0.3) is 0 Å². The normalized spacial score (nSPS) is 26.1. The average Bonchev–Trinajstić information content (AvgIpc) is 3.23. The van der Waals surface area contributed by atoms with Crippen molar-refractivity contribution < 1.29 is 18.4 Å². The number of rotatable bonds is 4. The first-order valence-corrected chi connectivity index (χ1v) is 11.5. The molecule has 0 unspecified atom stereocenters. The van der Waals surface area contributed by atoms with Gasteiger partial charge in [0.1, 0.15) is 24.1 Å². The van der Waals surface area contributed by atoms with Gasteiger partial charge in [-0.2, -0.15) is 0 Å². The summed E-state index contributed by atoms with van der Waals surface area (Å²) in [6.45, 7) is 12.7. The predicted octanol–water partition coefficient (Wildman–Crippen LogP) is 3.62. The molecule has 2 heterocycles. The standard InChI is InChI=1S/C18H26O5Si/c1-7-8-10-9-11-12(17(20)21-10)14(16-15(22-16)13(11)19)23-24(5,6)18(2,3)4/h9,14-16H,7-8H2,1-6H3/t14-,15-,16+/m1/s1. The molecule has 2 aliphatic rings. The summed E-state index contributed by atoms with van der Waals surface area (Å²) >= 11 is 0. The molecule has 1 fully saturated rings. The topological polar surface area (TPSA) is 69.0 Å². The Morgan fingerprint density at radius 2 is 1.92 bits per heavy atom. The van der Waals surface area contributed by atoms with Gasteiger partial charge in [-0.05, 0) is 30.6 Å². The summed E-state index contributed by atoms with van der Waals surface area (Å²) < 4.78 is 17.5. The summed E-state index contributed by atoms with van der Waals surface area (Å²) in [6.07, 6.45) is 0.166. The number of epoxide rings is 1. The molecule has 0 bridgehead atoms. The van der Waals surface area contributed by atoms with Crippen LogP contribution in [0.3, 0.4) is 0 Å². The number of ketones is 1. The number of Topliss-reactive ketones (excluding diaryl/α,β-unsaturated/α-hetero) is 1. The number of fused-ring (bicyclic) bond motifs is 2. The highest BCUT2D eigenvalue weighted by molar-refractivity contribution is 6.74. The molecular weight excluding hydrogens is 324 g/mol. The van der Waals surface area contributed by atoms with E-state index in [2.05, 4.69) is 33.9 Å². The van der Waals surface area contributed by atoms with Gasteiger partial charge in [0.05, 0.1) is 5.56 Å². The van der Waals surface area contributed by atoms with Crippen molar-refractivity contribution in [3.63, 3.8) is 0 Å². The third kappa shape index (κ3) is 2.80. The van der Waals surface area contributed by atoms with Crippen LogP contribution in [-0.4, -0.2) is 26.3 Å². The van der Waals surface area contributed by atoms with E-state index < -0.39 is 26.2 Å². The summed E-state index contributed by atoms with van der Waals surface area (Å²) in [5.41, 5.74) is 0.322. The van der Waals surface area contributed by atoms with Gasteiger partial charge in [0.2, 0.25) is 0 Å². The Kier molecular flexibility index (Phi) is 4.13. The maximum absolute atomic E-state index is 12.6. The van der Waals surface area contributed by atoms with Gasteiger partial charge in [0, 0.05) is 12.0 Å². The highest BCUT2D eigenvalue weighted by Gasteiger charge is 2.59. The quantitative estimate of drug-likeness (QED) is 0.613. The fraction of sp³-hybridized carbons (Fsp3) is 0.667. The van der Waals surface area contributed by atoms with Crippen molar-refractivity contribution in [2.75, 3.05) is 0 Å². The van der Waals surface area contributed by atoms with Crippen LogP contribution in [-0.2, 0) is 15.6 Å².